The van der Waals surface area contributed by atoms with Crippen molar-refractivity contribution in [2.24, 2.45) is 11.8 Å². The molecule has 0 fully saturated rings. The number of benzene rings is 7. The molecule has 0 amide bonds. The van der Waals surface area contributed by atoms with Gasteiger partial charge in [0, 0.05) is 49.5 Å². The minimum atomic E-state index is 0.522. The van der Waals surface area contributed by atoms with Gasteiger partial charge in [0.2, 0.25) is 0 Å². The second kappa shape index (κ2) is 13.2. The van der Waals surface area contributed by atoms with Gasteiger partial charge in [0.1, 0.15) is 0 Å². The van der Waals surface area contributed by atoms with E-state index in [-0.39, 0.29) is 0 Å². The number of aromatic nitrogens is 3. The number of aromatic amines is 1. The summed E-state index contributed by atoms with van der Waals surface area (Å²) in [5, 5.41) is 6.41. The second-order valence-corrected chi connectivity index (χ2v) is 16.8. The van der Waals surface area contributed by atoms with E-state index < -0.39 is 0 Å². The Morgan fingerprint density at radius 1 is 0.458 bits per heavy atom. The van der Waals surface area contributed by atoms with Crippen molar-refractivity contribution in [1.82, 2.24) is 14.1 Å². The normalized spacial score (nSPS) is 16.5. The highest BCUT2D eigenvalue weighted by atomic mass is 15.0. The number of para-hydroxylation sites is 1. The smallest absolute Gasteiger partial charge is 0.0562 e. The quantitative estimate of drug-likeness (QED) is 0.181. The van der Waals surface area contributed by atoms with Crippen LogP contribution >= 0.6 is 0 Å². The van der Waals surface area contributed by atoms with Gasteiger partial charge in [-0.1, -0.05) is 123 Å². The van der Waals surface area contributed by atoms with Crippen LogP contribution in [-0.2, 0) is 6.42 Å². The highest BCUT2D eigenvalue weighted by Gasteiger charge is 2.21. The number of H-pyrrole nitrogens is 1. The monoisotopic (exact) mass is 757 g/mol. The van der Waals surface area contributed by atoms with Crippen LogP contribution in [0.3, 0.4) is 0 Å². The number of hydrogen-bond acceptors (Lipinski definition) is 0. The van der Waals surface area contributed by atoms with Gasteiger partial charge in [-0.2, -0.15) is 0 Å². The van der Waals surface area contributed by atoms with Gasteiger partial charge in [-0.3, -0.25) is 0 Å². The third-order valence-electron chi connectivity index (χ3n) is 12.9. The van der Waals surface area contributed by atoms with Crippen LogP contribution in [0.15, 0.2) is 176 Å². The maximum Gasteiger partial charge on any atom is 0.0562 e. The molecule has 2 atom stereocenters. The van der Waals surface area contributed by atoms with Crippen molar-refractivity contribution in [3.63, 3.8) is 0 Å². The van der Waals surface area contributed by atoms with Crippen molar-refractivity contribution in [2.45, 2.75) is 26.7 Å². The van der Waals surface area contributed by atoms with Gasteiger partial charge in [-0.15, -0.1) is 0 Å². The zero-order chi connectivity index (χ0) is 39.2. The maximum atomic E-state index is 3.78. The summed E-state index contributed by atoms with van der Waals surface area (Å²) in [6.45, 7) is 4.61. The number of nitrogens with zero attached hydrogens (tertiary/aromatic N) is 2. The molecule has 12 rings (SSSR count). The average Bonchev–Trinajstić information content (AvgIpc) is 3.92. The van der Waals surface area contributed by atoms with E-state index >= 15 is 0 Å². The minimum Gasteiger partial charge on any atom is -0.355 e. The molecule has 0 radical (unpaired) electrons. The highest BCUT2D eigenvalue weighted by molar-refractivity contribution is 6.15. The molecule has 2 aliphatic rings. The zero-order valence-electron chi connectivity index (χ0n) is 33.3. The molecular weight excluding hydrogens is 715 g/mol. The van der Waals surface area contributed by atoms with Crippen LogP contribution < -0.4 is 0 Å². The van der Waals surface area contributed by atoms with Gasteiger partial charge < -0.3 is 14.1 Å². The van der Waals surface area contributed by atoms with Crippen LogP contribution in [0.5, 0.6) is 0 Å². The molecule has 59 heavy (non-hydrogen) atoms. The lowest BCUT2D eigenvalue weighted by Crippen LogP contribution is -2.01. The van der Waals surface area contributed by atoms with Gasteiger partial charge in [0.05, 0.1) is 22.1 Å². The van der Waals surface area contributed by atoms with Crippen LogP contribution in [0.2, 0.25) is 0 Å². The maximum absolute atomic E-state index is 3.78. The third kappa shape index (κ3) is 5.49. The molecule has 3 nitrogen and oxygen atoms in total. The van der Waals surface area contributed by atoms with Gasteiger partial charge in [0.15, 0.2) is 0 Å². The Hall–Kier alpha value is -7.10. The molecule has 282 valence electrons. The van der Waals surface area contributed by atoms with Crippen molar-refractivity contribution in [2.75, 3.05) is 0 Å². The predicted molar refractivity (Wildman–Crippen MR) is 251 cm³/mol. The van der Waals surface area contributed by atoms with Crippen LogP contribution in [0.25, 0.3) is 99.8 Å². The van der Waals surface area contributed by atoms with E-state index in [4.69, 9.17) is 0 Å². The number of nitrogens with one attached hydrogen (secondary N) is 1. The average molecular weight is 758 g/mol. The van der Waals surface area contributed by atoms with E-state index in [0.717, 1.165) is 18.5 Å². The van der Waals surface area contributed by atoms with Crippen LogP contribution in [-0.4, -0.2) is 14.1 Å². The molecule has 0 saturated heterocycles. The number of allylic oxidation sites excluding steroid dienone is 5. The molecule has 3 aromatic heterocycles. The van der Waals surface area contributed by atoms with E-state index in [1.165, 1.54) is 105 Å². The minimum absolute atomic E-state index is 0.522. The Labute approximate surface area is 343 Å². The molecule has 3 heterocycles. The fourth-order valence-electron chi connectivity index (χ4n) is 10.0. The van der Waals surface area contributed by atoms with E-state index in [1.54, 1.807) is 0 Å². The first-order chi connectivity index (χ1) is 29.0. The van der Waals surface area contributed by atoms with Gasteiger partial charge >= 0.3 is 0 Å². The van der Waals surface area contributed by atoms with Gasteiger partial charge in [0.25, 0.3) is 0 Å². The molecule has 0 saturated carbocycles. The zero-order valence-corrected chi connectivity index (χ0v) is 33.3. The number of hydrogen-bond donors (Lipinski definition) is 1. The van der Waals surface area contributed by atoms with Gasteiger partial charge in [-0.25, -0.2) is 0 Å². The van der Waals surface area contributed by atoms with Gasteiger partial charge in [-0.05, 0) is 136 Å². The number of rotatable bonds is 5. The first kappa shape index (κ1) is 34.0. The molecule has 1 N–H and O–H groups in total. The summed E-state index contributed by atoms with van der Waals surface area (Å²) in [6.07, 6.45) is 13.5. The molecule has 0 bridgehead atoms. The Morgan fingerprint density at radius 3 is 1.90 bits per heavy atom. The summed E-state index contributed by atoms with van der Waals surface area (Å²) in [5.41, 5.74) is 18.7. The van der Waals surface area contributed by atoms with Crippen molar-refractivity contribution in [1.29, 1.82) is 0 Å². The highest BCUT2D eigenvalue weighted by Crippen LogP contribution is 2.41. The van der Waals surface area contributed by atoms with Crippen molar-refractivity contribution >= 4 is 66.2 Å². The molecule has 3 heteroatoms. The summed E-state index contributed by atoms with van der Waals surface area (Å²) >= 11 is 0. The Bertz CT molecular complexity index is 3400. The second-order valence-electron chi connectivity index (χ2n) is 16.8. The molecular formula is C56H43N3. The first-order valence-electron chi connectivity index (χ1n) is 21.0. The SMILES string of the molecule is CC1C=CC=C(c2cccc(-n3c4ccccc4c4cc(-c5ccc6c(c5)c5cc7c8c([nH]c7cc5n6-c5ccc(-c6ccccc6)cc5)C=CC(C)C8)ccc43)c2)C1. The topological polar surface area (TPSA) is 25.6 Å². The summed E-state index contributed by atoms with van der Waals surface area (Å²) in [4.78, 5) is 3.78. The predicted octanol–water partition coefficient (Wildman–Crippen LogP) is 14.9. The largest absolute Gasteiger partial charge is 0.355 e. The van der Waals surface area contributed by atoms with E-state index in [9.17, 15) is 0 Å². The molecule has 0 spiro atoms. The standard InChI is InChI=1S/C56H43N3/c1-35-10-8-13-39(28-35)40-14-9-15-44(30-40)59-53-17-7-6-16-45(53)48-31-41(21-26-54(48)59)42-22-27-55-49(32-42)50-33-47-46-29-36(2)18-25-51(46)57-52(47)34-56(50)58(55)43-23-19-38(20-24-43)37-11-4-3-5-12-37/h3-27,30-36,57H,28-29H2,1-2H3. The van der Waals surface area contributed by atoms with Crippen LogP contribution in [0.1, 0.15) is 37.1 Å². The summed E-state index contributed by atoms with van der Waals surface area (Å²) < 4.78 is 4.89. The van der Waals surface area contributed by atoms with Crippen molar-refractivity contribution in [3.05, 3.63) is 193 Å². The Morgan fingerprint density at radius 2 is 1.10 bits per heavy atom. The summed E-state index contributed by atoms with van der Waals surface area (Å²) in [6, 6.07) is 56.6. The molecule has 7 aromatic carbocycles. The van der Waals surface area contributed by atoms with Crippen molar-refractivity contribution in [3.8, 4) is 33.6 Å². The lowest BCUT2D eigenvalue weighted by molar-refractivity contribution is 0.720. The molecule has 2 aliphatic carbocycles. The van der Waals surface area contributed by atoms with Crippen molar-refractivity contribution < 1.29 is 0 Å². The third-order valence-corrected chi connectivity index (χ3v) is 12.9. The van der Waals surface area contributed by atoms with Crippen LogP contribution in [0.4, 0.5) is 0 Å². The lowest BCUT2D eigenvalue weighted by atomic mass is 9.91. The summed E-state index contributed by atoms with van der Waals surface area (Å²) in [7, 11) is 0. The number of fused-ring (bicyclic) bond motifs is 9. The van der Waals surface area contributed by atoms with E-state index in [2.05, 4.69) is 210 Å². The molecule has 2 unspecified atom stereocenters. The molecule has 0 aliphatic heterocycles. The summed E-state index contributed by atoms with van der Waals surface area (Å²) in [5.74, 6) is 1.07. The fraction of sp³-hybridized carbons (Fsp3) is 0.107. The van der Waals surface area contributed by atoms with E-state index in [0.29, 0.717) is 11.8 Å². The van der Waals surface area contributed by atoms with Crippen LogP contribution in [0, 0.1) is 11.8 Å². The first-order valence-corrected chi connectivity index (χ1v) is 21.0. The molecule has 10 aromatic rings. The van der Waals surface area contributed by atoms with E-state index in [1.807, 2.05) is 0 Å². The Kier molecular flexibility index (Phi) is 7.62. The Balaban J connectivity index is 1.03. The lowest BCUT2D eigenvalue weighted by Gasteiger charge is -2.16. The fourth-order valence-corrected chi connectivity index (χ4v) is 10.0.